The molecule has 1 saturated heterocycles. The van der Waals surface area contributed by atoms with E-state index in [0.717, 1.165) is 44.3 Å². The van der Waals surface area contributed by atoms with Gasteiger partial charge in [-0.25, -0.2) is 0 Å². The van der Waals surface area contributed by atoms with Crippen LogP contribution in [-0.4, -0.2) is 62.1 Å². The molecule has 1 aliphatic rings. The molecule has 0 saturated carbocycles. The smallest absolute Gasteiger partial charge is 0.263 e. The molecule has 1 fully saturated rings. The first-order chi connectivity index (χ1) is 8.27. The van der Waals surface area contributed by atoms with Crippen LogP contribution in [0.2, 0.25) is 0 Å². The van der Waals surface area contributed by atoms with Crippen LogP contribution in [0.25, 0.3) is 0 Å². The Kier molecular flexibility index (Phi) is 4.53. The molecule has 1 aromatic heterocycles. The Morgan fingerprint density at radius 3 is 2.94 bits per heavy atom. The van der Waals surface area contributed by atoms with Crippen LogP contribution >= 0.6 is 11.3 Å². The summed E-state index contributed by atoms with van der Waals surface area (Å²) >= 11 is 1.50. The fourth-order valence-corrected chi connectivity index (χ4v) is 2.52. The lowest BCUT2D eigenvalue weighted by Crippen LogP contribution is -2.41. The lowest BCUT2D eigenvalue weighted by molar-refractivity contribution is 0.0339. The predicted octanol–water partition coefficient (Wildman–Crippen LogP) is 1.15. The molecule has 0 spiro atoms. The fourth-order valence-electron chi connectivity index (χ4n) is 1.81. The molecule has 2 heterocycles. The third kappa shape index (κ3) is 3.52. The Balaban J connectivity index is 1.76. The van der Waals surface area contributed by atoms with Gasteiger partial charge in [0.2, 0.25) is 0 Å². The summed E-state index contributed by atoms with van der Waals surface area (Å²) in [7, 11) is 1.86. The fraction of sp³-hybridized carbons (Fsp3) is 0.583. The van der Waals surface area contributed by atoms with Crippen LogP contribution in [0, 0.1) is 0 Å². The van der Waals surface area contributed by atoms with E-state index in [0.29, 0.717) is 0 Å². The molecule has 1 aromatic rings. The molecule has 2 rings (SSSR count). The van der Waals surface area contributed by atoms with Gasteiger partial charge in [-0.05, 0) is 11.4 Å². The minimum Gasteiger partial charge on any atom is -0.379 e. The Morgan fingerprint density at radius 1 is 1.53 bits per heavy atom. The van der Waals surface area contributed by atoms with Gasteiger partial charge in [0.05, 0.1) is 18.1 Å². The quantitative estimate of drug-likeness (QED) is 0.808. The van der Waals surface area contributed by atoms with Crippen molar-refractivity contribution in [1.82, 2.24) is 9.80 Å². The Morgan fingerprint density at radius 2 is 2.29 bits per heavy atom. The van der Waals surface area contributed by atoms with Crippen LogP contribution in [0.15, 0.2) is 17.5 Å². The highest BCUT2D eigenvalue weighted by molar-refractivity contribution is 7.12. The zero-order valence-electron chi connectivity index (χ0n) is 10.1. The topological polar surface area (TPSA) is 32.8 Å². The summed E-state index contributed by atoms with van der Waals surface area (Å²) in [6, 6.07) is 3.78. The lowest BCUT2D eigenvalue weighted by Gasteiger charge is -2.28. The molecule has 17 heavy (non-hydrogen) atoms. The number of hydrogen-bond acceptors (Lipinski definition) is 4. The van der Waals surface area contributed by atoms with Crippen molar-refractivity contribution in [3.05, 3.63) is 22.4 Å². The molecular formula is C12H18N2O2S. The molecule has 1 aliphatic heterocycles. The number of rotatable bonds is 4. The lowest BCUT2D eigenvalue weighted by atomic mass is 10.3. The van der Waals surface area contributed by atoms with Crippen LogP contribution in [0.4, 0.5) is 0 Å². The summed E-state index contributed by atoms with van der Waals surface area (Å²) in [5.74, 6) is 0.119. The number of hydrogen-bond donors (Lipinski definition) is 0. The normalized spacial score (nSPS) is 17.0. The highest BCUT2D eigenvalue weighted by Crippen LogP contribution is 2.11. The Hall–Kier alpha value is -0.910. The van der Waals surface area contributed by atoms with Crippen molar-refractivity contribution in [1.29, 1.82) is 0 Å². The van der Waals surface area contributed by atoms with Crippen LogP contribution in [0.3, 0.4) is 0 Å². The van der Waals surface area contributed by atoms with Crippen LogP contribution in [0.5, 0.6) is 0 Å². The first-order valence-electron chi connectivity index (χ1n) is 5.86. The second-order valence-electron chi connectivity index (χ2n) is 4.16. The molecule has 4 nitrogen and oxygen atoms in total. The van der Waals surface area contributed by atoms with Gasteiger partial charge in [-0.1, -0.05) is 6.07 Å². The molecular weight excluding hydrogens is 236 g/mol. The third-order valence-corrected chi connectivity index (χ3v) is 3.79. The minimum absolute atomic E-state index is 0.119. The summed E-state index contributed by atoms with van der Waals surface area (Å²) in [5, 5.41) is 1.93. The minimum atomic E-state index is 0.119. The predicted molar refractivity (Wildman–Crippen MR) is 68.5 cm³/mol. The van der Waals surface area contributed by atoms with E-state index in [1.54, 1.807) is 4.90 Å². The standard InChI is InChI=1S/C12H18N2O2S/c1-13(12(15)11-3-2-10-17-11)4-5-14-6-8-16-9-7-14/h2-3,10H,4-9H2,1H3. The van der Waals surface area contributed by atoms with E-state index in [9.17, 15) is 4.79 Å². The first kappa shape index (κ1) is 12.5. The molecule has 0 radical (unpaired) electrons. The first-order valence-corrected chi connectivity index (χ1v) is 6.74. The maximum absolute atomic E-state index is 12.0. The van der Waals surface area contributed by atoms with Gasteiger partial charge in [-0.15, -0.1) is 11.3 Å². The van der Waals surface area contributed by atoms with Gasteiger partial charge in [0, 0.05) is 33.2 Å². The van der Waals surface area contributed by atoms with E-state index in [2.05, 4.69) is 4.90 Å². The average molecular weight is 254 g/mol. The van der Waals surface area contributed by atoms with E-state index in [4.69, 9.17) is 4.74 Å². The van der Waals surface area contributed by atoms with Gasteiger partial charge in [-0.3, -0.25) is 9.69 Å². The molecule has 0 unspecified atom stereocenters. The van der Waals surface area contributed by atoms with Gasteiger partial charge in [0.1, 0.15) is 0 Å². The van der Waals surface area contributed by atoms with Crippen LogP contribution in [-0.2, 0) is 4.74 Å². The molecule has 0 N–H and O–H groups in total. The van der Waals surface area contributed by atoms with Crippen LogP contribution < -0.4 is 0 Å². The van der Waals surface area contributed by atoms with Crippen molar-refractivity contribution in [2.45, 2.75) is 0 Å². The van der Waals surface area contributed by atoms with Crippen molar-refractivity contribution < 1.29 is 9.53 Å². The Labute approximate surface area is 106 Å². The molecule has 0 aromatic carbocycles. The largest absolute Gasteiger partial charge is 0.379 e. The molecule has 94 valence electrons. The van der Waals surface area contributed by atoms with Crippen molar-refractivity contribution >= 4 is 17.2 Å². The highest BCUT2D eigenvalue weighted by atomic mass is 32.1. The molecule has 0 bridgehead atoms. The summed E-state index contributed by atoms with van der Waals surface area (Å²) in [4.78, 5) is 16.9. The molecule has 0 atom stereocenters. The number of ether oxygens (including phenoxy) is 1. The number of carbonyl (C=O) groups is 1. The molecule has 5 heteroatoms. The second-order valence-corrected chi connectivity index (χ2v) is 5.11. The van der Waals surface area contributed by atoms with E-state index >= 15 is 0 Å². The van der Waals surface area contributed by atoms with Gasteiger partial charge in [0.25, 0.3) is 5.91 Å². The van der Waals surface area contributed by atoms with Crippen molar-refractivity contribution in [3.8, 4) is 0 Å². The van der Waals surface area contributed by atoms with E-state index in [1.807, 2.05) is 24.6 Å². The zero-order chi connectivity index (χ0) is 12.1. The number of amides is 1. The summed E-state index contributed by atoms with van der Waals surface area (Å²) in [6.45, 7) is 5.26. The van der Waals surface area contributed by atoms with Gasteiger partial charge in [-0.2, -0.15) is 0 Å². The maximum atomic E-state index is 12.0. The van der Waals surface area contributed by atoms with E-state index in [-0.39, 0.29) is 5.91 Å². The maximum Gasteiger partial charge on any atom is 0.263 e. The van der Waals surface area contributed by atoms with Crippen LogP contribution in [0.1, 0.15) is 9.67 Å². The van der Waals surface area contributed by atoms with E-state index in [1.165, 1.54) is 11.3 Å². The second kappa shape index (κ2) is 6.14. The number of likely N-dealkylation sites (N-methyl/N-ethyl adjacent to an activating group) is 1. The molecule has 1 amide bonds. The summed E-state index contributed by atoms with van der Waals surface area (Å²) < 4.78 is 5.29. The van der Waals surface area contributed by atoms with Crippen molar-refractivity contribution in [3.63, 3.8) is 0 Å². The van der Waals surface area contributed by atoms with Crippen molar-refractivity contribution in [2.24, 2.45) is 0 Å². The monoisotopic (exact) mass is 254 g/mol. The number of thiophene rings is 1. The van der Waals surface area contributed by atoms with Gasteiger partial charge >= 0.3 is 0 Å². The molecule has 0 aliphatic carbocycles. The number of nitrogens with zero attached hydrogens (tertiary/aromatic N) is 2. The van der Waals surface area contributed by atoms with Gasteiger partial charge in [0.15, 0.2) is 0 Å². The average Bonchev–Trinajstić information content (AvgIpc) is 2.90. The Bertz CT molecular complexity index is 347. The van der Waals surface area contributed by atoms with E-state index < -0.39 is 0 Å². The number of morpholine rings is 1. The SMILES string of the molecule is CN(CCN1CCOCC1)C(=O)c1cccs1. The highest BCUT2D eigenvalue weighted by Gasteiger charge is 2.15. The van der Waals surface area contributed by atoms with Crippen molar-refractivity contribution in [2.75, 3.05) is 46.4 Å². The third-order valence-electron chi connectivity index (χ3n) is 2.93. The number of carbonyl (C=O) groups excluding carboxylic acids is 1. The summed E-state index contributed by atoms with van der Waals surface area (Å²) in [6.07, 6.45) is 0. The summed E-state index contributed by atoms with van der Waals surface area (Å²) in [5.41, 5.74) is 0. The van der Waals surface area contributed by atoms with Gasteiger partial charge < -0.3 is 9.64 Å². The zero-order valence-corrected chi connectivity index (χ0v) is 10.9.